The Hall–Kier alpha value is -2.82. The zero-order valence-corrected chi connectivity index (χ0v) is 21.2. The molecule has 0 unspecified atom stereocenters. The van der Waals surface area contributed by atoms with E-state index in [0.29, 0.717) is 33.7 Å². The largest absolute Gasteiger partial charge is 0.481 e. The number of ether oxygens (including phenoxy) is 1. The van der Waals surface area contributed by atoms with Crippen molar-refractivity contribution in [1.29, 1.82) is 0 Å². The zero-order chi connectivity index (χ0) is 25.3. The van der Waals surface area contributed by atoms with E-state index in [0.717, 1.165) is 11.3 Å². The number of sulfonamides is 1. The minimum atomic E-state index is -4.14. The Morgan fingerprint density at radius 2 is 1.97 bits per heavy atom. The second-order valence-corrected chi connectivity index (χ2v) is 11.5. The molecule has 10 heteroatoms. The Morgan fingerprint density at radius 1 is 1.26 bits per heavy atom. The van der Waals surface area contributed by atoms with E-state index in [-0.39, 0.29) is 16.5 Å². The number of pyridine rings is 1. The van der Waals surface area contributed by atoms with Crippen LogP contribution in [0.25, 0.3) is 11.1 Å². The zero-order valence-electron chi connectivity index (χ0n) is 19.5. The molecule has 2 N–H and O–H groups in total. The number of hydrogen-bond donors (Lipinski definition) is 2. The van der Waals surface area contributed by atoms with Crippen molar-refractivity contribution in [2.24, 2.45) is 0 Å². The van der Waals surface area contributed by atoms with Gasteiger partial charge in [-0.2, -0.15) is 0 Å². The third-order valence-corrected chi connectivity index (χ3v) is 8.07. The molecule has 1 amide bonds. The second kappa shape index (κ2) is 9.81. The first-order valence-corrected chi connectivity index (χ1v) is 12.9. The fraction of sp³-hybridized carbons (Fsp3) is 0.333. The van der Waals surface area contributed by atoms with Crippen molar-refractivity contribution >= 4 is 27.3 Å². The summed E-state index contributed by atoms with van der Waals surface area (Å²) < 4.78 is 47.1. The maximum atomic E-state index is 14.5. The van der Waals surface area contributed by atoms with E-state index in [1.807, 2.05) is 13.8 Å². The molecule has 0 fully saturated rings. The van der Waals surface area contributed by atoms with Crippen molar-refractivity contribution in [3.8, 4) is 17.0 Å². The van der Waals surface area contributed by atoms with Gasteiger partial charge in [0.25, 0.3) is 10.0 Å². The molecular formula is C24H27FN2O5S2. The van der Waals surface area contributed by atoms with Crippen LogP contribution in [0.3, 0.4) is 0 Å². The first-order chi connectivity index (χ1) is 15.8. The maximum Gasteiger partial charge on any atom is 0.273 e. The SMILES string of the molecule is COc1ccc(-c2cc(F)cc(C(C)C)c2CC(=O)NS(=O)(=O)c2cc(C(C)(C)O)cs2)cn1. The molecule has 0 radical (unpaired) electrons. The summed E-state index contributed by atoms with van der Waals surface area (Å²) in [5, 5.41) is 11.6. The molecule has 2 aromatic heterocycles. The number of carbonyl (C=O) groups is 1. The van der Waals surface area contributed by atoms with E-state index in [4.69, 9.17) is 4.74 Å². The molecule has 0 saturated carbocycles. The van der Waals surface area contributed by atoms with E-state index < -0.39 is 27.3 Å². The number of aliphatic hydroxyl groups is 1. The molecule has 3 rings (SSSR count). The molecular weight excluding hydrogens is 479 g/mol. The summed E-state index contributed by atoms with van der Waals surface area (Å²) in [6.07, 6.45) is 1.23. The predicted octanol–water partition coefficient (Wildman–Crippen LogP) is 4.36. The highest BCUT2D eigenvalue weighted by Crippen LogP contribution is 2.33. The van der Waals surface area contributed by atoms with Crippen molar-refractivity contribution < 1.29 is 27.4 Å². The Labute approximate surface area is 202 Å². The fourth-order valence-corrected chi connectivity index (χ4v) is 5.79. The van der Waals surface area contributed by atoms with Gasteiger partial charge in [0.1, 0.15) is 10.0 Å². The topological polar surface area (TPSA) is 106 Å². The Bertz CT molecular complexity index is 1290. The van der Waals surface area contributed by atoms with Crippen molar-refractivity contribution in [2.45, 2.75) is 49.8 Å². The second-order valence-electron chi connectivity index (χ2n) is 8.68. The molecule has 1 aromatic carbocycles. The van der Waals surface area contributed by atoms with E-state index in [1.165, 1.54) is 36.9 Å². The highest BCUT2D eigenvalue weighted by Gasteiger charge is 2.26. The third-order valence-electron chi connectivity index (χ3n) is 5.26. The van der Waals surface area contributed by atoms with Gasteiger partial charge in [0.2, 0.25) is 11.8 Å². The van der Waals surface area contributed by atoms with Gasteiger partial charge in [0.15, 0.2) is 0 Å². The van der Waals surface area contributed by atoms with Gasteiger partial charge < -0.3 is 9.84 Å². The first kappa shape index (κ1) is 25.8. The third kappa shape index (κ3) is 5.81. The van der Waals surface area contributed by atoms with Gasteiger partial charge in [-0.05, 0) is 71.7 Å². The van der Waals surface area contributed by atoms with E-state index in [2.05, 4.69) is 9.71 Å². The van der Waals surface area contributed by atoms with Crippen molar-refractivity contribution in [3.05, 3.63) is 64.4 Å². The van der Waals surface area contributed by atoms with Crippen LogP contribution in [0.4, 0.5) is 4.39 Å². The average molecular weight is 507 g/mol. The van der Waals surface area contributed by atoms with Crippen LogP contribution in [0.15, 0.2) is 46.1 Å². The molecule has 34 heavy (non-hydrogen) atoms. The number of hydrogen-bond acceptors (Lipinski definition) is 7. The molecule has 0 saturated heterocycles. The van der Waals surface area contributed by atoms with E-state index in [1.54, 1.807) is 26.0 Å². The van der Waals surface area contributed by atoms with Gasteiger partial charge in [-0.25, -0.2) is 22.5 Å². The lowest BCUT2D eigenvalue weighted by Gasteiger charge is -2.18. The maximum absolute atomic E-state index is 14.5. The number of benzene rings is 1. The van der Waals surface area contributed by atoms with Crippen LogP contribution in [0.5, 0.6) is 5.88 Å². The number of methoxy groups -OCH3 is 1. The normalized spacial score (nSPS) is 12.1. The summed E-state index contributed by atoms with van der Waals surface area (Å²) in [7, 11) is -2.66. The Balaban J connectivity index is 1.96. The minimum Gasteiger partial charge on any atom is -0.481 e. The van der Waals surface area contributed by atoms with Crippen molar-refractivity contribution in [2.75, 3.05) is 7.11 Å². The molecule has 0 aliphatic rings. The van der Waals surface area contributed by atoms with Crippen molar-refractivity contribution in [1.82, 2.24) is 9.71 Å². The van der Waals surface area contributed by atoms with Crippen LogP contribution in [0.1, 0.15) is 50.3 Å². The predicted molar refractivity (Wildman–Crippen MR) is 129 cm³/mol. The highest BCUT2D eigenvalue weighted by atomic mass is 32.2. The highest BCUT2D eigenvalue weighted by molar-refractivity contribution is 7.92. The fourth-order valence-electron chi connectivity index (χ4n) is 3.46. The van der Waals surface area contributed by atoms with Crippen molar-refractivity contribution in [3.63, 3.8) is 0 Å². The number of nitrogens with one attached hydrogen (secondary N) is 1. The molecule has 2 heterocycles. The number of rotatable bonds is 8. The van der Waals surface area contributed by atoms with Gasteiger partial charge in [0, 0.05) is 17.8 Å². The lowest BCUT2D eigenvalue weighted by atomic mass is 9.88. The van der Waals surface area contributed by atoms with Crippen LogP contribution < -0.4 is 9.46 Å². The summed E-state index contributed by atoms with van der Waals surface area (Å²) in [6, 6.07) is 7.33. The Morgan fingerprint density at radius 3 is 2.50 bits per heavy atom. The molecule has 182 valence electrons. The van der Waals surface area contributed by atoms with Crippen LogP contribution in [0.2, 0.25) is 0 Å². The monoisotopic (exact) mass is 506 g/mol. The number of nitrogens with zero attached hydrogens (tertiary/aromatic N) is 1. The lowest BCUT2D eigenvalue weighted by Crippen LogP contribution is -2.32. The molecule has 0 atom stereocenters. The Kier molecular flexibility index (Phi) is 7.44. The summed E-state index contributed by atoms with van der Waals surface area (Å²) in [5.41, 5.74) is 1.35. The number of halogens is 1. The van der Waals surface area contributed by atoms with Gasteiger partial charge >= 0.3 is 0 Å². The summed E-state index contributed by atoms with van der Waals surface area (Å²) in [4.78, 5) is 17.0. The molecule has 0 bridgehead atoms. The standard InChI is InChI=1S/C24H27FN2O5S2/c1-14(2)18-9-17(25)10-19(15-6-7-22(32-5)26-12-15)20(18)11-21(28)27-34(30,31)23-8-16(13-33-23)24(3,4)29/h6-10,12-14,29H,11H2,1-5H3,(H,27,28). The smallest absolute Gasteiger partial charge is 0.273 e. The number of thiophene rings is 1. The molecule has 3 aromatic rings. The molecule has 0 aliphatic heterocycles. The van der Waals surface area contributed by atoms with Crippen LogP contribution >= 0.6 is 11.3 Å². The molecule has 0 spiro atoms. The summed E-state index contributed by atoms with van der Waals surface area (Å²) in [5.74, 6) is -0.957. The quantitative estimate of drug-likeness (QED) is 0.470. The van der Waals surface area contributed by atoms with Gasteiger partial charge in [0.05, 0.1) is 19.1 Å². The lowest BCUT2D eigenvalue weighted by molar-refractivity contribution is -0.118. The van der Waals surface area contributed by atoms with E-state index >= 15 is 0 Å². The number of amides is 1. The van der Waals surface area contributed by atoms with Crippen LogP contribution in [-0.2, 0) is 26.8 Å². The first-order valence-electron chi connectivity index (χ1n) is 10.5. The molecule has 7 nitrogen and oxygen atoms in total. The average Bonchev–Trinajstić information content (AvgIpc) is 3.26. The number of aromatic nitrogens is 1. The minimum absolute atomic E-state index is 0.0826. The van der Waals surface area contributed by atoms with Gasteiger partial charge in [-0.1, -0.05) is 13.8 Å². The van der Waals surface area contributed by atoms with Gasteiger partial charge in [-0.3, -0.25) is 4.79 Å². The summed E-state index contributed by atoms with van der Waals surface area (Å²) >= 11 is 0.913. The summed E-state index contributed by atoms with van der Waals surface area (Å²) in [6.45, 7) is 6.82. The molecule has 0 aliphatic carbocycles. The van der Waals surface area contributed by atoms with Crippen LogP contribution in [-0.4, -0.2) is 31.5 Å². The van der Waals surface area contributed by atoms with Gasteiger partial charge in [-0.15, -0.1) is 11.3 Å². The number of carbonyl (C=O) groups excluding carboxylic acids is 1. The van der Waals surface area contributed by atoms with Crippen LogP contribution in [0, 0.1) is 5.82 Å². The van der Waals surface area contributed by atoms with E-state index in [9.17, 15) is 22.7 Å².